The van der Waals surface area contributed by atoms with Gasteiger partial charge in [-0.15, -0.1) is 0 Å². The van der Waals surface area contributed by atoms with Crippen LogP contribution >= 0.6 is 0 Å². The Hall–Kier alpha value is -1.77. The maximum absolute atomic E-state index is 5.75. The first-order chi connectivity index (χ1) is 7.47. The molecule has 0 saturated carbocycles. The highest BCUT2D eigenvalue weighted by molar-refractivity contribution is 5.47. The van der Waals surface area contributed by atoms with Crippen molar-refractivity contribution in [1.82, 2.24) is 9.55 Å². The number of rotatable bonds is 1. The zero-order valence-electron chi connectivity index (χ0n) is 9.94. The Balaban J connectivity index is 2.39. The van der Waals surface area contributed by atoms with E-state index in [1.165, 1.54) is 0 Å². The van der Waals surface area contributed by atoms with Crippen LogP contribution in [0.4, 0.5) is 5.69 Å². The van der Waals surface area contributed by atoms with E-state index in [4.69, 9.17) is 5.73 Å². The van der Waals surface area contributed by atoms with Crippen molar-refractivity contribution in [2.75, 3.05) is 5.73 Å². The summed E-state index contributed by atoms with van der Waals surface area (Å²) in [5.74, 6) is 0. The molecule has 1 aromatic carbocycles. The summed E-state index contributed by atoms with van der Waals surface area (Å²) in [5.41, 5.74) is 8.72. The summed E-state index contributed by atoms with van der Waals surface area (Å²) in [6, 6.07) is 7.78. The predicted octanol–water partition coefficient (Wildman–Crippen LogP) is 2.75. The summed E-state index contributed by atoms with van der Waals surface area (Å²) in [6.45, 7) is 6.46. The van der Waals surface area contributed by atoms with Gasteiger partial charge in [0.2, 0.25) is 0 Å². The smallest absolute Gasteiger partial charge is 0.0995 e. The summed E-state index contributed by atoms with van der Waals surface area (Å²) in [7, 11) is 0. The Morgan fingerprint density at radius 3 is 2.56 bits per heavy atom. The van der Waals surface area contributed by atoms with Crippen LogP contribution in [0.1, 0.15) is 26.5 Å². The van der Waals surface area contributed by atoms with Gasteiger partial charge in [0, 0.05) is 23.0 Å². The molecule has 3 nitrogen and oxygen atoms in total. The normalized spacial score (nSPS) is 11.7. The molecule has 16 heavy (non-hydrogen) atoms. The number of anilines is 1. The number of nitrogen functional groups attached to an aromatic ring is 1. The van der Waals surface area contributed by atoms with Crippen molar-refractivity contribution in [3.8, 4) is 5.69 Å². The Kier molecular flexibility index (Phi) is 2.46. The van der Waals surface area contributed by atoms with E-state index in [1.54, 1.807) is 0 Å². The molecule has 3 heteroatoms. The van der Waals surface area contributed by atoms with E-state index in [0.29, 0.717) is 0 Å². The van der Waals surface area contributed by atoms with Gasteiger partial charge in [0.05, 0.1) is 12.0 Å². The second kappa shape index (κ2) is 3.67. The lowest BCUT2D eigenvalue weighted by atomic mass is 9.93. The SMILES string of the molecule is CC(C)(C)c1cn(-c2cccc(N)c2)cn1. The molecule has 0 amide bonds. The van der Waals surface area contributed by atoms with Crippen LogP contribution < -0.4 is 5.73 Å². The van der Waals surface area contributed by atoms with Crippen LogP contribution in [0.5, 0.6) is 0 Å². The molecule has 0 unspecified atom stereocenters. The van der Waals surface area contributed by atoms with Gasteiger partial charge in [-0.25, -0.2) is 4.98 Å². The highest BCUT2D eigenvalue weighted by Crippen LogP contribution is 2.21. The van der Waals surface area contributed by atoms with E-state index in [9.17, 15) is 0 Å². The topological polar surface area (TPSA) is 43.8 Å². The lowest BCUT2D eigenvalue weighted by molar-refractivity contribution is 0.572. The third-order valence-electron chi connectivity index (χ3n) is 2.52. The van der Waals surface area contributed by atoms with E-state index in [2.05, 4.69) is 32.0 Å². The first-order valence-electron chi connectivity index (χ1n) is 5.37. The number of aromatic nitrogens is 2. The molecule has 0 spiro atoms. The third-order valence-corrected chi connectivity index (χ3v) is 2.52. The van der Waals surface area contributed by atoms with Crippen molar-refractivity contribution >= 4 is 5.69 Å². The van der Waals surface area contributed by atoms with Gasteiger partial charge in [-0.05, 0) is 18.2 Å². The highest BCUT2D eigenvalue weighted by Gasteiger charge is 2.16. The van der Waals surface area contributed by atoms with Gasteiger partial charge in [0.25, 0.3) is 0 Å². The van der Waals surface area contributed by atoms with E-state index in [1.807, 2.05) is 35.2 Å². The molecule has 0 radical (unpaired) electrons. The molecule has 0 fully saturated rings. The molecule has 84 valence electrons. The molecular formula is C13H17N3. The molecular weight excluding hydrogens is 198 g/mol. The van der Waals surface area contributed by atoms with Crippen molar-refractivity contribution in [3.05, 3.63) is 42.5 Å². The number of benzene rings is 1. The fourth-order valence-corrected chi connectivity index (χ4v) is 1.54. The standard InChI is InChI=1S/C13H17N3/c1-13(2,3)12-8-16(9-15-12)11-6-4-5-10(14)7-11/h4-9H,14H2,1-3H3. The van der Waals surface area contributed by atoms with Crippen LogP contribution in [0.3, 0.4) is 0 Å². The number of nitrogens with two attached hydrogens (primary N) is 1. The molecule has 0 atom stereocenters. The van der Waals surface area contributed by atoms with E-state index in [0.717, 1.165) is 17.1 Å². The maximum atomic E-state index is 5.75. The minimum Gasteiger partial charge on any atom is -0.399 e. The van der Waals surface area contributed by atoms with E-state index >= 15 is 0 Å². The molecule has 0 saturated heterocycles. The Morgan fingerprint density at radius 1 is 1.25 bits per heavy atom. The molecule has 1 aromatic heterocycles. The zero-order chi connectivity index (χ0) is 11.8. The highest BCUT2D eigenvalue weighted by atomic mass is 15.0. The van der Waals surface area contributed by atoms with Crippen molar-refractivity contribution in [3.63, 3.8) is 0 Å². The van der Waals surface area contributed by atoms with Crippen LogP contribution in [0.25, 0.3) is 5.69 Å². The first-order valence-corrected chi connectivity index (χ1v) is 5.37. The molecule has 2 rings (SSSR count). The lowest BCUT2D eigenvalue weighted by Gasteiger charge is -2.14. The molecule has 2 N–H and O–H groups in total. The Labute approximate surface area is 95.9 Å². The van der Waals surface area contributed by atoms with Gasteiger partial charge in [-0.3, -0.25) is 0 Å². The minimum atomic E-state index is 0.0750. The van der Waals surface area contributed by atoms with Crippen LogP contribution in [0.15, 0.2) is 36.8 Å². The largest absolute Gasteiger partial charge is 0.399 e. The van der Waals surface area contributed by atoms with Crippen molar-refractivity contribution in [2.24, 2.45) is 0 Å². The number of nitrogens with zero attached hydrogens (tertiary/aromatic N) is 2. The molecule has 0 bridgehead atoms. The van der Waals surface area contributed by atoms with Gasteiger partial charge in [0.15, 0.2) is 0 Å². The fourth-order valence-electron chi connectivity index (χ4n) is 1.54. The monoisotopic (exact) mass is 215 g/mol. The van der Waals surface area contributed by atoms with E-state index < -0.39 is 0 Å². The molecule has 0 aliphatic rings. The average Bonchev–Trinajstić information content (AvgIpc) is 2.65. The second-order valence-electron chi connectivity index (χ2n) is 5.01. The predicted molar refractivity (Wildman–Crippen MR) is 66.7 cm³/mol. The molecule has 1 heterocycles. The van der Waals surface area contributed by atoms with Gasteiger partial charge >= 0.3 is 0 Å². The molecule has 0 aliphatic heterocycles. The Morgan fingerprint density at radius 2 is 2.00 bits per heavy atom. The second-order valence-corrected chi connectivity index (χ2v) is 5.01. The van der Waals surface area contributed by atoms with Crippen LogP contribution in [-0.4, -0.2) is 9.55 Å². The fraction of sp³-hybridized carbons (Fsp3) is 0.308. The van der Waals surface area contributed by atoms with Crippen LogP contribution in [0.2, 0.25) is 0 Å². The van der Waals surface area contributed by atoms with Gasteiger partial charge in [0.1, 0.15) is 0 Å². The van der Waals surface area contributed by atoms with Crippen molar-refractivity contribution < 1.29 is 0 Å². The minimum absolute atomic E-state index is 0.0750. The Bertz CT molecular complexity index is 492. The summed E-state index contributed by atoms with van der Waals surface area (Å²) >= 11 is 0. The third kappa shape index (κ3) is 2.08. The summed E-state index contributed by atoms with van der Waals surface area (Å²) in [6.07, 6.45) is 3.88. The van der Waals surface area contributed by atoms with E-state index in [-0.39, 0.29) is 5.41 Å². The number of hydrogen-bond acceptors (Lipinski definition) is 2. The zero-order valence-corrected chi connectivity index (χ0v) is 9.94. The summed E-state index contributed by atoms with van der Waals surface area (Å²) in [4.78, 5) is 4.42. The molecule has 0 aliphatic carbocycles. The summed E-state index contributed by atoms with van der Waals surface area (Å²) < 4.78 is 2.00. The number of hydrogen-bond donors (Lipinski definition) is 1. The van der Waals surface area contributed by atoms with Gasteiger partial charge in [-0.2, -0.15) is 0 Å². The van der Waals surface area contributed by atoms with Gasteiger partial charge < -0.3 is 10.3 Å². The van der Waals surface area contributed by atoms with Gasteiger partial charge in [-0.1, -0.05) is 26.8 Å². The average molecular weight is 215 g/mol. The lowest BCUT2D eigenvalue weighted by Crippen LogP contribution is -2.11. The first kappa shape index (κ1) is 10.7. The summed E-state index contributed by atoms with van der Waals surface area (Å²) in [5, 5.41) is 0. The quantitative estimate of drug-likeness (QED) is 0.743. The maximum Gasteiger partial charge on any atom is 0.0995 e. The van der Waals surface area contributed by atoms with Crippen LogP contribution in [-0.2, 0) is 5.41 Å². The molecule has 2 aromatic rings. The van der Waals surface area contributed by atoms with Crippen molar-refractivity contribution in [1.29, 1.82) is 0 Å². The van der Waals surface area contributed by atoms with Crippen molar-refractivity contribution in [2.45, 2.75) is 26.2 Å². The van der Waals surface area contributed by atoms with Crippen LogP contribution in [0, 0.1) is 0 Å². The number of imidazole rings is 1.